The van der Waals surface area contributed by atoms with E-state index in [-0.39, 0.29) is 11.7 Å². The number of carbonyl (C=O) groups is 1. The normalized spacial score (nSPS) is 10.2. The highest BCUT2D eigenvalue weighted by atomic mass is 35.5. The Balaban J connectivity index is 2.25. The molecule has 0 saturated carbocycles. The minimum absolute atomic E-state index is 0.0925. The second kappa shape index (κ2) is 4.51. The number of rotatable bonds is 3. The zero-order chi connectivity index (χ0) is 12.4. The molecule has 0 amide bonds. The van der Waals surface area contributed by atoms with Crippen molar-refractivity contribution in [1.82, 2.24) is 0 Å². The predicted molar refractivity (Wildman–Crippen MR) is 61.9 cm³/mol. The van der Waals surface area contributed by atoms with Crippen LogP contribution >= 0.6 is 11.6 Å². The molecule has 0 aliphatic heterocycles. The van der Waals surface area contributed by atoms with Crippen LogP contribution in [-0.4, -0.2) is 11.1 Å². The minimum Gasteiger partial charge on any atom is -0.475 e. The van der Waals surface area contributed by atoms with E-state index in [1.807, 2.05) is 13.0 Å². The number of ether oxygens (including phenoxy) is 1. The summed E-state index contributed by atoms with van der Waals surface area (Å²) in [5.41, 5.74) is 0.981. The summed E-state index contributed by atoms with van der Waals surface area (Å²) in [4.78, 5) is 10.6. The fourth-order valence-electron chi connectivity index (χ4n) is 1.29. The molecule has 0 radical (unpaired) electrons. The van der Waals surface area contributed by atoms with Gasteiger partial charge >= 0.3 is 5.97 Å². The molecule has 17 heavy (non-hydrogen) atoms. The van der Waals surface area contributed by atoms with Crippen molar-refractivity contribution >= 4 is 17.6 Å². The van der Waals surface area contributed by atoms with Crippen LogP contribution < -0.4 is 4.74 Å². The summed E-state index contributed by atoms with van der Waals surface area (Å²) < 4.78 is 10.3. The number of furan rings is 1. The number of hydrogen-bond donors (Lipinski definition) is 1. The van der Waals surface area contributed by atoms with E-state index in [4.69, 9.17) is 25.9 Å². The summed E-state index contributed by atoms with van der Waals surface area (Å²) in [7, 11) is 0. The Morgan fingerprint density at radius 2 is 2.12 bits per heavy atom. The summed E-state index contributed by atoms with van der Waals surface area (Å²) in [5.74, 6) is -0.799. The molecule has 1 aromatic heterocycles. The van der Waals surface area contributed by atoms with Gasteiger partial charge in [-0.3, -0.25) is 0 Å². The van der Waals surface area contributed by atoms with Gasteiger partial charge in [-0.1, -0.05) is 17.7 Å². The molecular formula is C12H9ClO4. The molecule has 0 aliphatic carbocycles. The van der Waals surface area contributed by atoms with Crippen molar-refractivity contribution in [3.63, 3.8) is 0 Å². The molecule has 1 N–H and O–H groups in total. The summed E-state index contributed by atoms with van der Waals surface area (Å²) in [6, 6.07) is 8.04. The maximum atomic E-state index is 10.6. The predicted octanol–water partition coefficient (Wildman–Crippen LogP) is 3.73. The van der Waals surface area contributed by atoms with Crippen LogP contribution in [0.15, 0.2) is 34.7 Å². The molecule has 0 spiro atoms. The van der Waals surface area contributed by atoms with Gasteiger partial charge in [-0.25, -0.2) is 4.79 Å². The highest BCUT2D eigenvalue weighted by molar-refractivity contribution is 6.32. The molecule has 0 bridgehead atoms. The van der Waals surface area contributed by atoms with Gasteiger partial charge in [0.05, 0.1) is 5.02 Å². The van der Waals surface area contributed by atoms with E-state index >= 15 is 0 Å². The quantitative estimate of drug-likeness (QED) is 0.904. The topological polar surface area (TPSA) is 59.7 Å². The lowest BCUT2D eigenvalue weighted by atomic mass is 10.2. The first-order chi connectivity index (χ1) is 8.06. The number of halogens is 1. The number of carboxylic acids is 1. The monoisotopic (exact) mass is 252 g/mol. The molecule has 88 valence electrons. The molecule has 5 heteroatoms. The molecule has 1 heterocycles. The molecular weight excluding hydrogens is 244 g/mol. The molecule has 0 aliphatic rings. The van der Waals surface area contributed by atoms with Crippen molar-refractivity contribution in [1.29, 1.82) is 0 Å². The Labute approximate surface area is 102 Å². The standard InChI is InChI=1S/C12H9ClO4/c1-7-2-3-8(13)10(6-7)17-11-5-4-9(16-11)12(14)15/h2-6H,1H3,(H,14,15). The Kier molecular flexibility index (Phi) is 3.06. The van der Waals surface area contributed by atoms with Crippen LogP contribution in [0.4, 0.5) is 0 Å². The first kappa shape index (κ1) is 11.5. The van der Waals surface area contributed by atoms with Crippen LogP contribution in [0, 0.1) is 6.92 Å². The van der Waals surface area contributed by atoms with Crippen LogP contribution in [-0.2, 0) is 0 Å². The van der Waals surface area contributed by atoms with Crippen molar-refractivity contribution in [2.24, 2.45) is 0 Å². The van der Waals surface area contributed by atoms with Gasteiger partial charge in [-0.2, -0.15) is 0 Å². The summed E-state index contributed by atoms with van der Waals surface area (Å²) in [6.07, 6.45) is 0. The second-order valence-electron chi connectivity index (χ2n) is 3.46. The Hall–Kier alpha value is -1.94. The Morgan fingerprint density at radius 1 is 1.35 bits per heavy atom. The van der Waals surface area contributed by atoms with Crippen molar-refractivity contribution in [2.75, 3.05) is 0 Å². The third kappa shape index (κ3) is 2.60. The average molecular weight is 253 g/mol. The van der Waals surface area contributed by atoms with Crippen LogP contribution in [0.5, 0.6) is 11.7 Å². The van der Waals surface area contributed by atoms with Crippen LogP contribution in [0.25, 0.3) is 0 Å². The third-order valence-corrected chi connectivity index (χ3v) is 2.40. The molecule has 0 saturated heterocycles. The van der Waals surface area contributed by atoms with Gasteiger partial charge in [-0.15, -0.1) is 0 Å². The van der Waals surface area contributed by atoms with E-state index in [0.29, 0.717) is 10.8 Å². The van der Waals surface area contributed by atoms with Crippen molar-refractivity contribution in [3.8, 4) is 11.7 Å². The van der Waals surface area contributed by atoms with Gasteiger partial charge < -0.3 is 14.3 Å². The van der Waals surface area contributed by atoms with Gasteiger partial charge in [0.25, 0.3) is 5.95 Å². The van der Waals surface area contributed by atoms with E-state index in [0.717, 1.165) is 5.56 Å². The van der Waals surface area contributed by atoms with E-state index in [9.17, 15) is 4.79 Å². The molecule has 4 nitrogen and oxygen atoms in total. The summed E-state index contributed by atoms with van der Waals surface area (Å²) in [5, 5.41) is 9.12. The van der Waals surface area contributed by atoms with E-state index < -0.39 is 5.97 Å². The maximum absolute atomic E-state index is 10.6. The zero-order valence-corrected chi connectivity index (χ0v) is 9.69. The van der Waals surface area contributed by atoms with E-state index in [1.54, 1.807) is 12.1 Å². The highest BCUT2D eigenvalue weighted by Gasteiger charge is 2.11. The minimum atomic E-state index is -1.14. The van der Waals surface area contributed by atoms with Gasteiger partial charge in [-0.05, 0) is 30.7 Å². The van der Waals surface area contributed by atoms with Gasteiger partial charge in [0.1, 0.15) is 5.75 Å². The van der Waals surface area contributed by atoms with Crippen molar-refractivity contribution in [2.45, 2.75) is 6.92 Å². The number of benzene rings is 1. The fourth-order valence-corrected chi connectivity index (χ4v) is 1.44. The van der Waals surface area contributed by atoms with E-state index in [2.05, 4.69) is 0 Å². The Bertz CT molecular complexity index is 559. The van der Waals surface area contributed by atoms with E-state index in [1.165, 1.54) is 12.1 Å². The Morgan fingerprint density at radius 3 is 2.76 bits per heavy atom. The third-order valence-electron chi connectivity index (χ3n) is 2.09. The first-order valence-electron chi connectivity index (χ1n) is 4.83. The SMILES string of the molecule is Cc1ccc(Cl)c(Oc2ccc(C(=O)O)o2)c1. The molecule has 0 unspecified atom stereocenters. The number of aryl methyl sites for hydroxylation is 1. The maximum Gasteiger partial charge on any atom is 0.371 e. The lowest BCUT2D eigenvalue weighted by Gasteiger charge is -2.04. The fraction of sp³-hybridized carbons (Fsp3) is 0.0833. The summed E-state index contributed by atoms with van der Waals surface area (Å²) >= 11 is 5.93. The van der Waals surface area contributed by atoms with Crippen molar-refractivity contribution < 1.29 is 19.1 Å². The van der Waals surface area contributed by atoms with Crippen LogP contribution in [0.1, 0.15) is 16.1 Å². The number of carboxylic acid groups (broad SMARTS) is 1. The van der Waals surface area contributed by atoms with Gasteiger partial charge in [0, 0.05) is 6.07 Å². The smallest absolute Gasteiger partial charge is 0.371 e. The van der Waals surface area contributed by atoms with Crippen LogP contribution in [0.3, 0.4) is 0 Å². The highest BCUT2D eigenvalue weighted by Crippen LogP contribution is 2.31. The lowest BCUT2D eigenvalue weighted by molar-refractivity contribution is 0.0657. The number of aromatic carboxylic acids is 1. The van der Waals surface area contributed by atoms with Crippen molar-refractivity contribution in [3.05, 3.63) is 46.7 Å². The van der Waals surface area contributed by atoms with Crippen LogP contribution in [0.2, 0.25) is 5.02 Å². The van der Waals surface area contributed by atoms with Gasteiger partial charge in [0.2, 0.25) is 5.76 Å². The molecule has 1 aromatic carbocycles. The average Bonchev–Trinajstić information content (AvgIpc) is 2.72. The molecule has 2 aromatic rings. The molecule has 0 fully saturated rings. The lowest BCUT2D eigenvalue weighted by Crippen LogP contribution is -1.91. The molecule has 2 rings (SSSR count). The summed E-state index contributed by atoms with van der Waals surface area (Å²) in [6.45, 7) is 1.90. The van der Waals surface area contributed by atoms with Gasteiger partial charge in [0.15, 0.2) is 0 Å². The largest absolute Gasteiger partial charge is 0.475 e. The zero-order valence-electron chi connectivity index (χ0n) is 8.94. The number of hydrogen-bond acceptors (Lipinski definition) is 3. The second-order valence-corrected chi connectivity index (χ2v) is 3.87. The first-order valence-corrected chi connectivity index (χ1v) is 5.21. The molecule has 0 atom stereocenters.